The lowest BCUT2D eigenvalue weighted by Crippen LogP contribution is -2.48. The van der Waals surface area contributed by atoms with E-state index in [4.69, 9.17) is 14.2 Å². The van der Waals surface area contributed by atoms with Gasteiger partial charge in [0.1, 0.15) is 17.8 Å². The van der Waals surface area contributed by atoms with Gasteiger partial charge in [0.25, 0.3) is 0 Å². The summed E-state index contributed by atoms with van der Waals surface area (Å²) >= 11 is 0. The molecule has 0 spiro atoms. The molecule has 0 N–H and O–H groups in total. The molecule has 7 aliphatic rings. The predicted molar refractivity (Wildman–Crippen MR) is 125 cm³/mol. The molecular weight excluding hydrogens is 452 g/mol. The maximum Gasteiger partial charge on any atom is 0.333 e. The molecule has 7 fully saturated rings. The normalized spacial score (nSPS) is 38.7. The van der Waals surface area contributed by atoms with Gasteiger partial charge in [-0.15, -0.1) is 0 Å². The maximum absolute atomic E-state index is 11.8. The summed E-state index contributed by atoms with van der Waals surface area (Å²) in [6, 6.07) is 0. The molecule has 3 heterocycles. The second-order valence-corrected chi connectivity index (χ2v) is 11.1. The van der Waals surface area contributed by atoms with Crippen LogP contribution in [0.15, 0.2) is 24.3 Å². The quantitative estimate of drug-likeness (QED) is 0.337. The summed E-state index contributed by atoms with van der Waals surface area (Å²) in [5.74, 6) is 1.42. The monoisotopic (exact) mass is 488 g/mol. The van der Waals surface area contributed by atoms with Crippen molar-refractivity contribution in [1.29, 1.82) is 0 Å². The number of methoxy groups -OCH3 is 1. The van der Waals surface area contributed by atoms with E-state index < -0.39 is 5.60 Å². The number of carbonyl (C=O) groups is 4. The van der Waals surface area contributed by atoms with Crippen LogP contribution in [0.1, 0.15) is 65.2 Å². The fraction of sp³-hybridized carbons (Fsp3) is 0.704. The zero-order valence-corrected chi connectivity index (χ0v) is 20.9. The number of carbonyl (C=O) groups excluding carboxylic acids is 4. The number of rotatable bonds is 3. The molecule has 8 nitrogen and oxygen atoms in total. The van der Waals surface area contributed by atoms with E-state index in [-0.39, 0.29) is 35.9 Å². The SMILES string of the molecule is C=C(C)C(=O)OC.C=C(C)C(=O)OC12CC3CC(C1)OC(=O)C(C3)C2.O=C1OC2CC3CC1C2C3. The largest absolute Gasteiger partial charge is 0.466 e. The third-order valence-corrected chi connectivity index (χ3v) is 8.22. The van der Waals surface area contributed by atoms with Crippen molar-refractivity contribution in [2.75, 3.05) is 7.11 Å². The molecule has 35 heavy (non-hydrogen) atoms. The Hall–Kier alpha value is -2.64. The maximum atomic E-state index is 11.8. The number of fused-ring (bicyclic) bond motifs is 2. The van der Waals surface area contributed by atoms with E-state index in [9.17, 15) is 19.2 Å². The summed E-state index contributed by atoms with van der Waals surface area (Å²) in [5.41, 5.74) is 0.359. The van der Waals surface area contributed by atoms with E-state index >= 15 is 0 Å². The van der Waals surface area contributed by atoms with Crippen LogP contribution < -0.4 is 0 Å². The van der Waals surface area contributed by atoms with Crippen molar-refractivity contribution >= 4 is 23.9 Å². The molecule has 8 unspecified atom stereocenters. The molecule has 192 valence electrons. The molecule has 8 atom stereocenters. The highest BCUT2D eigenvalue weighted by Crippen LogP contribution is 2.54. The van der Waals surface area contributed by atoms with Gasteiger partial charge in [0, 0.05) is 29.9 Å². The van der Waals surface area contributed by atoms with E-state index in [0.717, 1.165) is 38.0 Å². The van der Waals surface area contributed by atoms with Crippen molar-refractivity contribution in [3.63, 3.8) is 0 Å². The molecule has 0 aromatic rings. The van der Waals surface area contributed by atoms with Crippen LogP contribution in [-0.2, 0) is 38.1 Å². The second kappa shape index (κ2) is 9.78. The van der Waals surface area contributed by atoms with Gasteiger partial charge in [-0.2, -0.15) is 0 Å². The Morgan fingerprint density at radius 1 is 0.857 bits per heavy atom. The Bertz CT molecular complexity index is 935. The molecule has 0 amide bonds. The van der Waals surface area contributed by atoms with Crippen LogP contribution >= 0.6 is 0 Å². The van der Waals surface area contributed by atoms with Crippen molar-refractivity contribution in [2.45, 2.75) is 83.0 Å². The lowest BCUT2D eigenvalue weighted by atomic mass is 9.65. The third kappa shape index (κ3) is 5.31. The van der Waals surface area contributed by atoms with Crippen LogP contribution in [0.25, 0.3) is 0 Å². The van der Waals surface area contributed by atoms with Crippen molar-refractivity contribution in [3.8, 4) is 0 Å². The molecule has 3 aliphatic heterocycles. The average Bonchev–Trinajstić information content (AvgIpc) is 3.38. The van der Waals surface area contributed by atoms with E-state index in [1.807, 2.05) is 0 Å². The Labute approximate surface area is 206 Å². The minimum absolute atomic E-state index is 0.0679. The van der Waals surface area contributed by atoms with E-state index in [1.54, 1.807) is 13.8 Å². The first-order chi connectivity index (χ1) is 16.5. The molecule has 0 radical (unpaired) electrons. The summed E-state index contributed by atoms with van der Waals surface area (Å²) in [7, 11) is 1.33. The first-order valence-electron chi connectivity index (χ1n) is 12.5. The number of hydrogen-bond donors (Lipinski definition) is 0. The summed E-state index contributed by atoms with van der Waals surface area (Å²) in [6.45, 7) is 10.2. The highest BCUT2D eigenvalue weighted by atomic mass is 16.6. The van der Waals surface area contributed by atoms with E-state index in [1.165, 1.54) is 13.5 Å². The average molecular weight is 489 g/mol. The molecular formula is C27H36O8. The van der Waals surface area contributed by atoms with Crippen molar-refractivity contribution in [3.05, 3.63) is 24.3 Å². The fourth-order valence-corrected chi connectivity index (χ4v) is 6.89. The van der Waals surface area contributed by atoms with Gasteiger partial charge >= 0.3 is 23.9 Å². The molecule has 3 saturated heterocycles. The van der Waals surface area contributed by atoms with E-state index in [0.29, 0.717) is 47.8 Å². The minimum Gasteiger partial charge on any atom is -0.466 e. The van der Waals surface area contributed by atoms with Crippen LogP contribution in [0.5, 0.6) is 0 Å². The molecule has 8 heteroatoms. The van der Waals surface area contributed by atoms with Crippen LogP contribution in [-0.4, -0.2) is 48.8 Å². The van der Waals surface area contributed by atoms with Gasteiger partial charge < -0.3 is 18.9 Å². The van der Waals surface area contributed by atoms with Crippen molar-refractivity contribution < 1.29 is 38.1 Å². The van der Waals surface area contributed by atoms with Crippen LogP contribution in [0.4, 0.5) is 0 Å². The zero-order chi connectivity index (χ0) is 25.5. The zero-order valence-electron chi connectivity index (χ0n) is 20.9. The third-order valence-electron chi connectivity index (χ3n) is 8.22. The Morgan fingerprint density at radius 2 is 1.57 bits per heavy atom. The molecule has 7 rings (SSSR count). The topological polar surface area (TPSA) is 105 Å². The molecule has 4 saturated carbocycles. The number of hydrogen-bond acceptors (Lipinski definition) is 8. The summed E-state index contributed by atoms with van der Waals surface area (Å²) in [6.07, 6.45) is 7.78. The molecule has 0 aromatic carbocycles. The first-order valence-corrected chi connectivity index (χ1v) is 12.5. The number of esters is 4. The smallest absolute Gasteiger partial charge is 0.333 e. The van der Waals surface area contributed by atoms with Crippen LogP contribution in [0, 0.1) is 29.6 Å². The first kappa shape index (κ1) is 25.5. The van der Waals surface area contributed by atoms with Crippen LogP contribution in [0.3, 0.4) is 0 Å². The van der Waals surface area contributed by atoms with Crippen molar-refractivity contribution in [2.24, 2.45) is 29.6 Å². The van der Waals surface area contributed by atoms with Gasteiger partial charge in [-0.1, -0.05) is 13.2 Å². The Morgan fingerprint density at radius 3 is 2.11 bits per heavy atom. The summed E-state index contributed by atoms with van der Waals surface area (Å²) in [4.78, 5) is 44.9. The fourth-order valence-electron chi connectivity index (χ4n) is 6.89. The van der Waals surface area contributed by atoms with Gasteiger partial charge in [0.2, 0.25) is 0 Å². The summed E-state index contributed by atoms with van der Waals surface area (Å²) < 4.78 is 20.6. The highest BCUT2D eigenvalue weighted by Gasteiger charge is 2.56. The predicted octanol–water partition coefficient (Wildman–Crippen LogP) is 3.67. The van der Waals surface area contributed by atoms with Gasteiger partial charge in [0.15, 0.2) is 0 Å². The Balaban J connectivity index is 0.000000142. The highest BCUT2D eigenvalue weighted by molar-refractivity contribution is 5.87. The molecule has 0 aromatic heterocycles. The Kier molecular flexibility index (Phi) is 7.11. The molecule has 4 aliphatic carbocycles. The van der Waals surface area contributed by atoms with Gasteiger partial charge in [-0.05, 0) is 64.2 Å². The van der Waals surface area contributed by atoms with E-state index in [2.05, 4.69) is 17.9 Å². The standard InChI is InChI=1S/C14H18O4.C8H10O2.C5H8O2/c1-8(2)12(15)18-14-5-9-3-10(6-14)13(16)17-11(4-9)7-14;9-8-6-2-4-1-5(6)7(3-4)10-8;1-4(2)5(6)7-3/h9-11H,1,3-7H2,2H3;4-7H,1-3H2;1H2,2-3H3. The van der Waals surface area contributed by atoms with Gasteiger partial charge in [-0.25, -0.2) is 9.59 Å². The lowest BCUT2D eigenvalue weighted by molar-refractivity contribution is -0.169. The molecule has 6 bridgehead atoms. The van der Waals surface area contributed by atoms with Gasteiger partial charge in [-0.3, -0.25) is 9.59 Å². The summed E-state index contributed by atoms with van der Waals surface area (Å²) in [5, 5.41) is 0. The van der Waals surface area contributed by atoms with Crippen molar-refractivity contribution in [1.82, 2.24) is 0 Å². The minimum atomic E-state index is -0.487. The lowest BCUT2D eigenvalue weighted by Gasteiger charge is -2.45. The number of ether oxygens (including phenoxy) is 4. The second-order valence-electron chi connectivity index (χ2n) is 11.1. The van der Waals surface area contributed by atoms with Crippen LogP contribution in [0.2, 0.25) is 0 Å². The van der Waals surface area contributed by atoms with Gasteiger partial charge in [0.05, 0.1) is 18.9 Å².